The second kappa shape index (κ2) is 2.69. The van der Waals surface area contributed by atoms with Crippen molar-refractivity contribution in [2.45, 2.75) is 27.2 Å². The molecule has 1 aromatic rings. The third kappa shape index (κ3) is 1.39. The predicted octanol–water partition coefficient (Wildman–Crippen LogP) is 3.07. The number of fused-ring (bicyclic) bond motifs is 1. The third-order valence-electron chi connectivity index (χ3n) is 2.54. The van der Waals surface area contributed by atoms with Gasteiger partial charge in [-0.25, -0.2) is 0 Å². The van der Waals surface area contributed by atoms with Crippen LogP contribution in [-0.4, -0.2) is 4.98 Å². The van der Waals surface area contributed by atoms with Crippen molar-refractivity contribution in [2.75, 3.05) is 0 Å². The van der Waals surface area contributed by atoms with Gasteiger partial charge in [-0.3, -0.25) is 4.98 Å². The summed E-state index contributed by atoms with van der Waals surface area (Å²) in [6, 6.07) is 2.12. The first kappa shape index (κ1) is 8.49. The normalized spacial score (nSPS) is 15.5. The fourth-order valence-electron chi connectivity index (χ4n) is 1.88. The fourth-order valence-corrected chi connectivity index (χ4v) is 1.88. The highest BCUT2D eigenvalue weighted by atomic mass is 14.6. The number of nitrogens with zero attached hydrogens (tertiary/aromatic N) is 1. The van der Waals surface area contributed by atoms with Crippen LogP contribution in [0.3, 0.4) is 0 Å². The lowest BCUT2D eigenvalue weighted by Gasteiger charge is -2.21. The predicted molar refractivity (Wildman–Crippen MR) is 55.4 cm³/mol. The molecule has 0 atom stereocenters. The minimum absolute atomic E-state index is 0.244. The van der Waals surface area contributed by atoms with Gasteiger partial charge < -0.3 is 0 Å². The van der Waals surface area contributed by atoms with E-state index in [-0.39, 0.29) is 5.41 Å². The molecule has 0 bridgehead atoms. The maximum absolute atomic E-state index is 4.18. The average Bonchev–Trinajstić information content (AvgIpc) is 2.45. The standard InChI is InChI=1S/C12H15N/c1-12(2,3)11-5-4-9-6-7-13-8-10(9)11/h5-8H,4H2,1-3H3. The van der Waals surface area contributed by atoms with E-state index in [2.05, 4.69) is 37.9 Å². The van der Waals surface area contributed by atoms with Crippen molar-refractivity contribution >= 4 is 5.57 Å². The van der Waals surface area contributed by atoms with Gasteiger partial charge in [0.2, 0.25) is 0 Å². The van der Waals surface area contributed by atoms with Crippen LogP contribution in [0.2, 0.25) is 0 Å². The molecular formula is C12H15N. The number of allylic oxidation sites excluding steroid dienone is 2. The quantitative estimate of drug-likeness (QED) is 0.587. The Morgan fingerprint density at radius 3 is 2.77 bits per heavy atom. The monoisotopic (exact) mass is 173 g/mol. The Hall–Kier alpha value is -1.11. The minimum atomic E-state index is 0.244. The van der Waals surface area contributed by atoms with Gasteiger partial charge in [-0.2, -0.15) is 0 Å². The lowest BCUT2D eigenvalue weighted by atomic mass is 9.84. The first-order chi connectivity index (χ1) is 6.09. The van der Waals surface area contributed by atoms with Crippen LogP contribution in [-0.2, 0) is 6.42 Å². The number of hydrogen-bond acceptors (Lipinski definition) is 1. The molecule has 2 rings (SSSR count). The summed E-state index contributed by atoms with van der Waals surface area (Å²) < 4.78 is 0. The summed E-state index contributed by atoms with van der Waals surface area (Å²) in [4.78, 5) is 4.18. The van der Waals surface area contributed by atoms with Crippen LogP contribution in [0.1, 0.15) is 31.9 Å². The smallest absolute Gasteiger partial charge is 0.0346 e. The van der Waals surface area contributed by atoms with Gasteiger partial charge in [0.15, 0.2) is 0 Å². The van der Waals surface area contributed by atoms with Crippen LogP contribution in [0.4, 0.5) is 0 Å². The average molecular weight is 173 g/mol. The zero-order chi connectivity index (χ0) is 9.47. The van der Waals surface area contributed by atoms with Gasteiger partial charge in [-0.1, -0.05) is 26.8 Å². The van der Waals surface area contributed by atoms with E-state index in [4.69, 9.17) is 0 Å². The van der Waals surface area contributed by atoms with Gasteiger partial charge in [0, 0.05) is 12.4 Å². The van der Waals surface area contributed by atoms with E-state index in [0.717, 1.165) is 6.42 Å². The summed E-state index contributed by atoms with van der Waals surface area (Å²) in [5.41, 5.74) is 4.44. The van der Waals surface area contributed by atoms with Crippen LogP contribution in [0.5, 0.6) is 0 Å². The molecule has 0 radical (unpaired) electrons. The highest BCUT2D eigenvalue weighted by molar-refractivity contribution is 5.75. The van der Waals surface area contributed by atoms with Crippen molar-refractivity contribution in [3.63, 3.8) is 0 Å². The third-order valence-corrected chi connectivity index (χ3v) is 2.54. The highest BCUT2D eigenvalue weighted by Gasteiger charge is 2.24. The van der Waals surface area contributed by atoms with E-state index >= 15 is 0 Å². The second-order valence-corrected chi connectivity index (χ2v) is 4.60. The molecule has 1 aliphatic rings. The first-order valence-electron chi connectivity index (χ1n) is 4.73. The molecule has 1 nitrogen and oxygen atoms in total. The molecule has 68 valence electrons. The zero-order valence-corrected chi connectivity index (χ0v) is 8.46. The van der Waals surface area contributed by atoms with Gasteiger partial charge in [-0.05, 0) is 34.6 Å². The van der Waals surface area contributed by atoms with E-state index in [1.54, 1.807) is 0 Å². The summed E-state index contributed by atoms with van der Waals surface area (Å²) >= 11 is 0. The molecule has 0 spiro atoms. The molecule has 0 aliphatic heterocycles. The van der Waals surface area contributed by atoms with Gasteiger partial charge >= 0.3 is 0 Å². The highest BCUT2D eigenvalue weighted by Crippen LogP contribution is 2.39. The maximum atomic E-state index is 4.18. The maximum Gasteiger partial charge on any atom is 0.0346 e. The molecule has 0 amide bonds. The Labute approximate surface area is 79.5 Å². The molecule has 0 N–H and O–H groups in total. The van der Waals surface area contributed by atoms with E-state index in [1.807, 2.05) is 12.4 Å². The Morgan fingerprint density at radius 2 is 2.08 bits per heavy atom. The minimum Gasteiger partial charge on any atom is -0.264 e. The van der Waals surface area contributed by atoms with Crippen molar-refractivity contribution in [1.29, 1.82) is 0 Å². The largest absolute Gasteiger partial charge is 0.264 e. The Bertz CT molecular complexity index is 356. The molecule has 0 aromatic carbocycles. The second-order valence-electron chi connectivity index (χ2n) is 4.60. The number of pyridine rings is 1. The van der Waals surface area contributed by atoms with Crippen LogP contribution in [0.15, 0.2) is 24.5 Å². The SMILES string of the molecule is CC(C)(C)C1=CCc2ccncc21. The first-order valence-corrected chi connectivity index (χ1v) is 4.73. The zero-order valence-electron chi connectivity index (χ0n) is 8.46. The van der Waals surface area contributed by atoms with E-state index in [0.29, 0.717) is 0 Å². The summed E-state index contributed by atoms with van der Waals surface area (Å²) in [6.45, 7) is 6.75. The van der Waals surface area contributed by atoms with E-state index < -0.39 is 0 Å². The van der Waals surface area contributed by atoms with Crippen molar-refractivity contribution in [2.24, 2.45) is 5.41 Å². The summed E-state index contributed by atoms with van der Waals surface area (Å²) in [5, 5.41) is 0. The lowest BCUT2D eigenvalue weighted by Crippen LogP contribution is -2.07. The van der Waals surface area contributed by atoms with Gasteiger partial charge in [-0.15, -0.1) is 0 Å². The molecule has 0 saturated heterocycles. The Morgan fingerprint density at radius 1 is 1.31 bits per heavy atom. The number of aromatic nitrogens is 1. The van der Waals surface area contributed by atoms with Crippen LogP contribution in [0.25, 0.3) is 5.57 Å². The molecule has 1 heteroatoms. The lowest BCUT2D eigenvalue weighted by molar-refractivity contribution is 0.567. The molecule has 0 saturated carbocycles. The van der Waals surface area contributed by atoms with E-state index in [9.17, 15) is 0 Å². The Balaban J connectivity index is 2.48. The van der Waals surface area contributed by atoms with Crippen LogP contribution < -0.4 is 0 Å². The molecule has 0 fully saturated rings. The van der Waals surface area contributed by atoms with Crippen molar-refractivity contribution in [3.05, 3.63) is 35.7 Å². The molecule has 13 heavy (non-hydrogen) atoms. The molecular weight excluding hydrogens is 158 g/mol. The summed E-state index contributed by atoms with van der Waals surface area (Å²) in [7, 11) is 0. The number of hydrogen-bond donors (Lipinski definition) is 0. The van der Waals surface area contributed by atoms with Crippen molar-refractivity contribution in [3.8, 4) is 0 Å². The Kier molecular flexibility index (Phi) is 1.76. The van der Waals surface area contributed by atoms with Gasteiger partial charge in [0.05, 0.1) is 0 Å². The molecule has 1 aromatic heterocycles. The summed E-state index contributed by atoms with van der Waals surface area (Å²) in [6.07, 6.45) is 7.26. The fraction of sp³-hybridized carbons (Fsp3) is 0.417. The molecule has 0 unspecified atom stereocenters. The van der Waals surface area contributed by atoms with Crippen molar-refractivity contribution < 1.29 is 0 Å². The van der Waals surface area contributed by atoms with Gasteiger partial charge in [0.25, 0.3) is 0 Å². The molecule has 1 aliphatic carbocycles. The topological polar surface area (TPSA) is 12.9 Å². The van der Waals surface area contributed by atoms with Gasteiger partial charge in [0.1, 0.15) is 0 Å². The van der Waals surface area contributed by atoms with Crippen LogP contribution >= 0.6 is 0 Å². The van der Waals surface area contributed by atoms with Crippen molar-refractivity contribution in [1.82, 2.24) is 4.98 Å². The van der Waals surface area contributed by atoms with Crippen LogP contribution in [0, 0.1) is 5.41 Å². The van der Waals surface area contributed by atoms with E-state index in [1.165, 1.54) is 16.7 Å². The molecule has 1 heterocycles. The summed E-state index contributed by atoms with van der Waals surface area (Å²) in [5.74, 6) is 0. The number of rotatable bonds is 0.